The van der Waals surface area contributed by atoms with E-state index in [1.54, 1.807) is 22.0 Å². The summed E-state index contributed by atoms with van der Waals surface area (Å²) in [7, 11) is 2.52. The number of benzene rings is 1. The van der Waals surface area contributed by atoms with Crippen LogP contribution in [-0.4, -0.2) is 64.3 Å². The maximum atomic E-state index is 12.9. The zero-order valence-corrected chi connectivity index (χ0v) is 22.6. The van der Waals surface area contributed by atoms with Gasteiger partial charge in [0.05, 0.1) is 24.6 Å². The van der Waals surface area contributed by atoms with Gasteiger partial charge in [0.15, 0.2) is 5.82 Å². The molecule has 0 unspecified atom stereocenters. The lowest BCUT2D eigenvalue weighted by molar-refractivity contribution is -0.0198. The van der Waals surface area contributed by atoms with Crippen molar-refractivity contribution in [3.8, 4) is 0 Å². The SMILES string of the molecule is CC[C@H]1O[C@@H](n2cc(C)c(/N=C\N(C)C)nc2=O)C[C@H]1O[P@@]1O[C@](C)(c2ccccc2)[C@@H]2CCCN21. The third-order valence-electron chi connectivity index (χ3n) is 7.32. The van der Waals surface area contributed by atoms with Crippen LogP contribution in [0.4, 0.5) is 5.82 Å². The molecule has 0 bridgehead atoms. The lowest BCUT2D eigenvalue weighted by Crippen LogP contribution is -2.36. The topological polar surface area (TPSA) is 81.4 Å². The first kappa shape index (κ1) is 25.5. The fraction of sp³-hybridized carbons (Fsp3) is 0.577. The van der Waals surface area contributed by atoms with Crippen molar-refractivity contribution in [2.24, 2.45) is 4.99 Å². The summed E-state index contributed by atoms with van der Waals surface area (Å²) in [4.78, 5) is 23.2. The van der Waals surface area contributed by atoms with Crippen LogP contribution in [0.5, 0.6) is 0 Å². The van der Waals surface area contributed by atoms with Crippen molar-refractivity contribution in [2.75, 3.05) is 20.6 Å². The Hall–Kier alpha value is -2.16. The standard InChI is InChI=1S/C26H36N5O4P/c1-6-20-21(15-23(33-20)30-16-18(2)24(28-25(30)32)27-17-29(4)5)34-36-31-14-10-13-22(31)26(3,35-36)19-11-8-7-9-12-19/h7-9,11-12,16-17,20-23H,6,10,13-15H2,1-5H3/b27-17-/t20-,21-,22+,23-,26-,36+/m1/s1. The van der Waals surface area contributed by atoms with Gasteiger partial charge < -0.3 is 18.7 Å². The fourth-order valence-corrected chi connectivity index (χ4v) is 7.55. The minimum absolute atomic E-state index is 0.121. The third kappa shape index (κ3) is 4.75. The number of aromatic nitrogens is 2. The molecule has 6 atom stereocenters. The number of hydrogen-bond acceptors (Lipinski definition) is 7. The van der Waals surface area contributed by atoms with Crippen LogP contribution in [-0.2, 0) is 19.4 Å². The van der Waals surface area contributed by atoms with Crippen molar-refractivity contribution in [3.05, 3.63) is 58.1 Å². The molecule has 3 saturated heterocycles. The first-order chi connectivity index (χ1) is 17.3. The van der Waals surface area contributed by atoms with E-state index in [0.717, 1.165) is 31.4 Å². The summed E-state index contributed by atoms with van der Waals surface area (Å²) in [6, 6.07) is 10.8. The van der Waals surface area contributed by atoms with Crippen LogP contribution < -0.4 is 5.69 Å². The van der Waals surface area contributed by atoms with Crippen LogP contribution in [0, 0.1) is 6.92 Å². The quantitative estimate of drug-likeness (QED) is 0.307. The zero-order valence-electron chi connectivity index (χ0n) is 21.7. The summed E-state index contributed by atoms with van der Waals surface area (Å²) in [5, 5.41) is 0. The van der Waals surface area contributed by atoms with Crippen LogP contribution in [0.3, 0.4) is 0 Å². The van der Waals surface area contributed by atoms with Crippen molar-refractivity contribution < 1.29 is 13.8 Å². The Labute approximate surface area is 214 Å². The van der Waals surface area contributed by atoms with Crippen LogP contribution >= 0.6 is 8.53 Å². The summed E-state index contributed by atoms with van der Waals surface area (Å²) in [6.07, 6.45) is 6.31. The van der Waals surface area contributed by atoms with E-state index in [2.05, 4.69) is 52.8 Å². The molecule has 1 aromatic carbocycles. The van der Waals surface area contributed by atoms with Crippen LogP contribution in [0.15, 0.2) is 46.3 Å². The Kier molecular flexibility index (Phi) is 7.30. The van der Waals surface area contributed by atoms with Gasteiger partial charge in [-0.05, 0) is 38.7 Å². The predicted molar refractivity (Wildman–Crippen MR) is 140 cm³/mol. The number of rotatable bonds is 7. The van der Waals surface area contributed by atoms with E-state index in [1.165, 1.54) is 5.56 Å². The Bertz CT molecular complexity index is 1160. The number of aryl methyl sites for hydroxylation is 1. The molecule has 0 saturated carbocycles. The van der Waals surface area contributed by atoms with Crippen molar-refractivity contribution in [1.29, 1.82) is 0 Å². The summed E-state index contributed by atoms with van der Waals surface area (Å²) in [5.41, 5.74) is 1.24. The van der Waals surface area contributed by atoms with E-state index < -0.39 is 20.4 Å². The highest BCUT2D eigenvalue weighted by Gasteiger charge is 2.56. The van der Waals surface area contributed by atoms with E-state index in [9.17, 15) is 4.79 Å². The molecule has 3 aliphatic heterocycles. The van der Waals surface area contributed by atoms with Gasteiger partial charge in [-0.3, -0.25) is 4.57 Å². The summed E-state index contributed by atoms with van der Waals surface area (Å²) < 4.78 is 23.7. The highest BCUT2D eigenvalue weighted by Crippen LogP contribution is 2.64. The van der Waals surface area contributed by atoms with E-state index in [1.807, 2.05) is 27.1 Å². The minimum Gasteiger partial charge on any atom is -0.369 e. The number of fused-ring (bicyclic) bond motifs is 1. The molecule has 10 heteroatoms. The molecule has 0 amide bonds. The van der Waals surface area contributed by atoms with Gasteiger partial charge in [0.2, 0.25) is 0 Å². The summed E-state index contributed by atoms with van der Waals surface area (Å²) in [6.45, 7) is 7.16. The molecule has 0 radical (unpaired) electrons. The average Bonchev–Trinajstić information content (AvgIpc) is 3.57. The molecule has 9 nitrogen and oxygen atoms in total. The minimum atomic E-state index is -1.23. The van der Waals surface area contributed by atoms with Crippen molar-refractivity contribution in [3.63, 3.8) is 0 Å². The maximum Gasteiger partial charge on any atom is 0.351 e. The Morgan fingerprint density at radius 1 is 1.33 bits per heavy atom. The third-order valence-corrected chi connectivity index (χ3v) is 9.21. The number of aliphatic imine (C=N–C) groups is 1. The van der Waals surface area contributed by atoms with E-state index >= 15 is 0 Å². The van der Waals surface area contributed by atoms with Crippen molar-refractivity contribution >= 4 is 20.7 Å². The lowest BCUT2D eigenvalue weighted by atomic mass is 9.87. The summed E-state index contributed by atoms with van der Waals surface area (Å²) >= 11 is 0. The maximum absolute atomic E-state index is 12.9. The molecule has 0 spiro atoms. The number of ether oxygens (including phenoxy) is 1. The van der Waals surface area contributed by atoms with Crippen LogP contribution in [0.1, 0.15) is 56.9 Å². The number of hydrogen-bond donors (Lipinski definition) is 0. The predicted octanol–water partition coefficient (Wildman–Crippen LogP) is 4.49. The van der Waals surface area contributed by atoms with Gasteiger partial charge in [-0.15, -0.1) is 0 Å². The van der Waals surface area contributed by atoms with Gasteiger partial charge in [-0.25, -0.2) is 14.5 Å². The molecule has 36 heavy (non-hydrogen) atoms. The first-order valence-corrected chi connectivity index (χ1v) is 13.9. The summed E-state index contributed by atoms with van der Waals surface area (Å²) in [5.74, 6) is 0.422. The molecule has 2 aromatic rings. The van der Waals surface area contributed by atoms with Crippen molar-refractivity contribution in [2.45, 2.75) is 76.5 Å². The Morgan fingerprint density at radius 3 is 2.83 bits per heavy atom. The molecule has 4 heterocycles. The molecule has 3 fully saturated rings. The molecule has 0 aliphatic carbocycles. The zero-order chi connectivity index (χ0) is 25.4. The van der Waals surface area contributed by atoms with E-state index in [-0.39, 0.29) is 17.9 Å². The molecule has 3 aliphatic rings. The lowest BCUT2D eigenvalue weighted by Gasteiger charge is -2.29. The van der Waals surface area contributed by atoms with Gasteiger partial charge in [0.1, 0.15) is 11.8 Å². The smallest absolute Gasteiger partial charge is 0.351 e. The van der Waals surface area contributed by atoms with Gasteiger partial charge in [0, 0.05) is 38.8 Å². The van der Waals surface area contributed by atoms with Gasteiger partial charge in [0.25, 0.3) is 8.53 Å². The van der Waals surface area contributed by atoms with Crippen LogP contribution in [0.2, 0.25) is 0 Å². The average molecular weight is 514 g/mol. The second-order valence-electron chi connectivity index (χ2n) is 10.2. The van der Waals surface area contributed by atoms with Gasteiger partial charge >= 0.3 is 5.69 Å². The normalized spacial score (nSPS) is 32.4. The second-order valence-corrected chi connectivity index (χ2v) is 11.6. The number of nitrogens with zero attached hydrogens (tertiary/aromatic N) is 5. The van der Waals surface area contributed by atoms with Gasteiger partial charge in [-0.2, -0.15) is 4.98 Å². The fourth-order valence-electron chi connectivity index (χ4n) is 5.40. The molecular formula is C26H36N5O4P. The van der Waals surface area contributed by atoms with Crippen molar-refractivity contribution in [1.82, 2.24) is 19.1 Å². The highest BCUT2D eigenvalue weighted by atomic mass is 31.2. The Balaban J connectivity index is 1.34. The van der Waals surface area contributed by atoms with Crippen LogP contribution in [0.25, 0.3) is 0 Å². The van der Waals surface area contributed by atoms with E-state index in [4.69, 9.17) is 13.8 Å². The van der Waals surface area contributed by atoms with Gasteiger partial charge in [-0.1, -0.05) is 37.3 Å². The highest BCUT2D eigenvalue weighted by molar-refractivity contribution is 7.45. The molecule has 5 rings (SSSR count). The largest absolute Gasteiger partial charge is 0.369 e. The Morgan fingerprint density at radius 2 is 2.11 bits per heavy atom. The first-order valence-electron chi connectivity index (χ1n) is 12.7. The second kappa shape index (κ2) is 10.3. The monoisotopic (exact) mass is 513 g/mol. The molecule has 194 valence electrons. The molecule has 1 aromatic heterocycles. The van der Waals surface area contributed by atoms with E-state index in [0.29, 0.717) is 18.3 Å². The molecular weight excluding hydrogens is 477 g/mol. The molecule has 0 N–H and O–H groups in total.